The highest BCUT2D eigenvalue weighted by Gasteiger charge is 2.08. The van der Waals surface area contributed by atoms with Gasteiger partial charge in [-0.25, -0.2) is 9.97 Å². The molecule has 0 spiro atoms. The van der Waals surface area contributed by atoms with E-state index in [1.165, 1.54) is 16.0 Å². The first-order chi connectivity index (χ1) is 9.78. The first-order valence-electron chi connectivity index (χ1n) is 6.64. The Labute approximate surface area is 121 Å². The monoisotopic (exact) mass is 284 g/mol. The average molecular weight is 284 g/mol. The van der Waals surface area contributed by atoms with E-state index < -0.39 is 0 Å². The van der Waals surface area contributed by atoms with Crippen molar-refractivity contribution in [1.29, 1.82) is 0 Å². The van der Waals surface area contributed by atoms with E-state index in [0.29, 0.717) is 0 Å². The zero-order chi connectivity index (χ0) is 13.9. The maximum atomic E-state index is 4.37. The van der Waals surface area contributed by atoms with Crippen molar-refractivity contribution in [2.75, 3.05) is 5.32 Å². The van der Waals surface area contributed by atoms with E-state index in [1.807, 2.05) is 18.5 Å². The minimum absolute atomic E-state index is 0.748. The second-order valence-electron chi connectivity index (χ2n) is 4.66. The van der Waals surface area contributed by atoms with Crippen LogP contribution in [0.1, 0.15) is 22.9 Å². The lowest BCUT2D eigenvalue weighted by molar-refractivity contribution is 1.07. The molecule has 0 amide bonds. The molecule has 0 aliphatic heterocycles. The number of aromatic nitrogens is 3. The van der Waals surface area contributed by atoms with Crippen molar-refractivity contribution >= 4 is 27.4 Å². The van der Waals surface area contributed by atoms with Crippen LogP contribution < -0.4 is 5.32 Å². The molecule has 0 aliphatic carbocycles. The fraction of sp³-hybridized carbons (Fsp3) is 0.267. The maximum absolute atomic E-state index is 4.37. The fourth-order valence-electron chi connectivity index (χ4n) is 2.10. The van der Waals surface area contributed by atoms with Gasteiger partial charge in [0.1, 0.15) is 17.0 Å². The van der Waals surface area contributed by atoms with Crippen molar-refractivity contribution in [2.45, 2.75) is 26.8 Å². The van der Waals surface area contributed by atoms with E-state index in [0.717, 1.165) is 29.0 Å². The summed E-state index contributed by atoms with van der Waals surface area (Å²) in [6.45, 7) is 4.97. The van der Waals surface area contributed by atoms with Gasteiger partial charge in [0, 0.05) is 23.8 Å². The van der Waals surface area contributed by atoms with Gasteiger partial charge >= 0.3 is 0 Å². The first kappa shape index (κ1) is 13.0. The van der Waals surface area contributed by atoms with E-state index in [2.05, 4.69) is 40.2 Å². The number of nitrogens with zero attached hydrogens (tertiary/aromatic N) is 3. The molecule has 0 fully saturated rings. The molecule has 5 heteroatoms. The van der Waals surface area contributed by atoms with Gasteiger partial charge in [-0.05, 0) is 36.6 Å². The van der Waals surface area contributed by atoms with Gasteiger partial charge in [0.05, 0.1) is 5.39 Å². The SMILES string of the molecule is CCc1cc2c(NCc3ccncc3C)ncnc2s1. The van der Waals surface area contributed by atoms with Crippen LogP contribution in [-0.2, 0) is 13.0 Å². The largest absolute Gasteiger partial charge is 0.365 e. The molecule has 0 aromatic carbocycles. The molecule has 0 bridgehead atoms. The van der Waals surface area contributed by atoms with Crippen LogP contribution in [0.3, 0.4) is 0 Å². The van der Waals surface area contributed by atoms with Crippen LogP contribution in [0.2, 0.25) is 0 Å². The van der Waals surface area contributed by atoms with Gasteiger partial charge in [-0.3, -0.25) is 4.98 Å². The van der Waals surface area contributed by atoms with Crippen LogP contribution in [0.25, 0.3) is 10.2 Å². The van der Waals surface area contributed by atoms with E-state index in [9.17, 15) is 0 Å². The molecule has 0 saturated heterocycles. The van der Waals surface area contributed by atoms with Crippen molar-refractivity contribution in [3.8, 4) is 0 Å². The summed E-state index contributed by atoms with van der Waals surface area (Å²) in [5, 5.41) is 4.52. The molecule has 0 atom stereocenters. The first-order valence-corrected chi connectivity index (χ1v) is 7.46. The summed E-state index contributed by atoms with van der Waals surface area (Å²) >= 11 is 1.74. The minimum atomic E-state index is 0.748. The molecule has 0 unspecified atom stereocenters. The maximum Gasteiger partial charge on any atom is 0.138 e. The van der Waals surface area contributed by atoms with Crippen molar-refractivity contribution in [3.63, 3.8) is 0 Å². The molecule has 3 rings (SSSR count). The lowest BCUT2D eigenvalue weighted by Crippen LogP contribution is -2.03. The van der Waals surface area contributed by atoms with Gasteiger partial charge in [0.25, 0.3) is 0 Å². The summed E-state index contributed by atoms with van der Waals surface area (Å²) in [6.07, 6.45) is 6.36. The predicted octanol–water partition coefficient (Wildman–Crippen LogP) is 3.57. The second kappa shape index (κ2) is 5.54. The summed E-state index contributed by atoms with van der Waals surface area (Å²) in [5.41, 5.74) is 2.42. The molecule has 3 aromatic rings. The van der Waals surface area contributed by atoms with E-state index in [1.54, 1.807) is 17.7 Å². The van der Waals surface area contributed by atoms with Gasteiger partial charge in [0.2, 0.25) is 0 Å². The van der Waals surface area contributed by atoms with Crippen LogP contribution in [0.15, 0.2) is 30.9 Å². The Hall–Kier alpha value is -2.01. The molecular formula is C15H16N4S. The second-order valence-corrected chi connectivity index (χ2v) is 5.78. The lowest BCUT2D eigenvalue weighted by atomic mass is 10.1. The Balaban J connectivity index is 1.87. The van der Waals surface area contributed by atoms with Crippen molar-refractivity contribution in [2.24, 2.45) is 0 Å². The number of anilines is 1. The third-order valence-corrected chi connectivity index (χ3v) is 4.50. The molecule has 0 aliphatic rings. The molecular weight excluding hydrogens is 268 g/mol. The smallest absolute Gasteiger partial charge is 0.138 e. The third kappa shape index (κ3) is 2.49. The molecule has 3 aromatic heterocycles. The molecule has 0 radical (unpaired) electrons. The van der Waals surface area contributed by atoms with Gasteiger partial charge in [-0.15, -0.1) is 11.3 Å². The van der Waals surface area contributed by atoms with Crippen LogP contribution in [0, 0.1) is 6.92 Å². The minimum Gasteiger partial charge on any atom is -0.365 e. The molecule has 1 N–H and O–H groups in total. The molecule has 4 nitrogen and oxygen atoms in total. The van der Waals surface area contributed by atoms with Gasteiger partial charge < -0.3 is 5.32 Å². The fourth-order valence-corrected chi connectivity index (χ4v) is 3.03. The van der Waals surface area contributed by atoms with Crippen LogP contribution in [-0.4, -0.2) is 15.0 Å². The predicted molar refractivity (Wildman–Crippen MR) is 83.1 cm³/mol. The number of hydrogen-bond donors (Lipinski definition) is 1. The quantitative estimate of drug-likeness (QED) is 0.795. The number of rotatable bonds is 4. The Morgan fingerprint density at radius 2 is 2.20 bits per heavy atom. The van der Waals surface area contributed by atoms with Crippen molar-refractivity contribution in [1.82, 2.24) is 15.0 Å². The van der Waals surface area contributed by atoms with E-state index in [4.69, 9.17) is 0 Å². The number of nitrogens with one attached hydrogen (secondary N) is 1. The van der Waals surface area contributed by atoms with Crippen LogP contribution in [0.5, 0.6) is 0 Å². The molecule has 102 valence electrons. The van der Waals surface area contributed by atoms with Gasteiger partial charge in [-0.1, -0.05) is 6.92 Å². The number of fused-ring (bicyclic) bond motifs is 1. The average Bonchev–Trinajstić information content (AvgIpc) is 2.90. The normalized spacial score (nSPS) is 10.9. The summed E-state index contributed by atoms with van der Waals surface area (Å²) in [6, 6.07) is 4.22. The third-order valence-electron chi connectivity index (χ3n) is 3.31. The van der Waals surface area contributed by atoms with Crippen molar-refractivity contribution < 1.29 is 0 Å². The number of thiophene rings is 1. The van der Waals surface area contributed by atoms with Crippen LogP contribution >= 0.6 is 11.3 Å². The standard InChI is InChI=1S/C15H16N4S/c1-3-12-6-13-14(18-9-19-15(13)20-12)17-8-11-4-5-16-7-10(11)2/h4-7,9H,3,8H2,1-2H3,(H,17,18,19). The highest BCUT2D eigenvalue weighted by atomic mass is 32.1. The number of aryl methyl sites for hydroxylation is 2. The molecule has 3 heterocycles. The zero-order valence-corrected chi connectivity index (χ0v) is 12.4. The van der Waals surface area contributed by atoms with Crippen LogP contribution in [0.4, 0.5) is 5.82 Å². The Morgan fingerprint density at radius 1 is 1.30 bits per heavy atom. The lowest BCUT2D eigenvalue weighted by Gasteiger charge is -2.08. The van der Waals surface area contributed by atoms with Gasteiger partial charge in [-0.2, -0.15) is 0 Å². The topological polar surface area (TPSA) is 50.7 Å². The van der Waals surface area contributed by atoms with E-state index >= 15 is 0 Å². The summed E-state index contributed by atoms with van der Waals surface area (Å²) in [7, 11) is 0. The molecule has 0 saturated carbocycles. The number of pyridine rings is 1. The molecule has 20 heavy (non-hydrogen) atoms. The summed E-state index contributed by atoms with van der Waals surface area (Å²) in [5.74, 6) is 0.905. The summed E-state index contributed by atoms with van der Waals surface area (Å²) in [4.78, 5) is 15.2. The Morgan fingerprint density at radius 3 is 3.00 bits per heavy atom. The Kier molecular flexibility index (Phi) is 3.60. The van der Waals surface area contributed by atoms with E-state index in [-0.39, 0.29) is 0 Å². The summed E-state index contributed by atoms with van der Waals surface area (Å²) < 4.78 is 0. The van der Waals surface area contributed by atoms with Crippen molar-refractivity contribution in [3.05, 3.63) is 46.9 Å². The number of hydrogen-bond acceptors (Lipinski definition) is 5. The highest BCUT2D eigenvalue weighted by molar-refractivity contribution is 7.18. The Bertz CT molecular complexity index is 736. The van der Waals surface area contributed by atoms with Gasteiger partial charge in [0.15, 0.2) is 0 Å². The zero-order valence-electron chi connectivity index (χ0n) is 11.6. The highest BCUT2D eigenvalue weighted by Crippen LogP contribution is 2.28.